The van der Waals surface area contributed by atoms with Crippen LogP contribution in [-0.4, -0.2) is 23.6 Å². The van der Waals surface area contributed by atoms with Gasteiger partial charge in [0.05, 0.1) is 5.56 Å². The molecule has 8 heteroatoms. The summed E-state index contributed by atoms with van der Waals surface area (Å²) in [6.07, 6.45) is -5.19. The van der Waals surface area contributed by atoms with Crippen LogP contribution < -0.4 is 10.6 Å². The number of anilines is 1. The van der Waals surface area contributed by atoms with Gasteiger partial charge in [0.15, 0.2) is 0 Å². The van der Waals surface area contributed by atoms with Gasteiger partial charge >= 0.3 is 12.3 Å². The van der Waals surface area contributed by atoms with Gasteiger partial charge in [0.2, 0.25) is 5.91 Å². The number of alkyl carbamates (subject to hydrolysis) is 1. The van der Waals surface area contributed by atoms with Crippen molar-refractivity contribution >= 4 is 17.7 Å². The SMILES string of the molecule is C[C@H](NC(=O)OC(C)(C)C)C(=O)Nc1ccc(C(F)(F)F)cc1. The summed E-state index contributed by atoms with van der Waals surface area (Å²) in [6.45, 7) is 6.47. The van der Waals surface area contributed by atoms with E-state index in [0.29, 0.717) is 0 Å². The molecule has 0 heterocycles. The molecule has 1 atom stereocenters. The number of alkyl halides is 3. The van der Waals surface area contributed by atoms with Crippen molar-refractivity contribution < 1.29 is 27.5 Å². The first kappa shape index (κ1) is 18.8. The van der Waals surface area contributed by atoms with E-state index in [1.165, 1.54) is 6.92 Å². The van der Waals surface area contributed by atoms with Crippen LogP contribution in [0.4, 0.5) is 23.7 Å². The fraction of sp³-hybridized carbons (Fsp3) is 0.467. The lowest BCUT2D eigenvalue weighted by Gasteiger charge is -2.21. The zero-order valence-corrected chi connectivity index (χ0v) is 13.2. The monoisotopic (exact) mass is 332 g/mol. The number of nitrogens with one attached hydrogen (secondary N) is 2. The Morgan fingerprint density at radius 2 is 1.61 bits per heavy atom. The first-order valence-electron chi connectivity index (χ1n) is 6.86. The molecule has 2 amide bonds. The first-order valence-corrected chi connectivity index (χ1v) is 6.86. The van der Waals surface area contributed by atoms with Crippen LogP contribution in [0.2, 0.25) is 0 Å². The molecule has 23 heavy (non-hydrogen) atoms. The zero-order valence-electron chi connectivity index (χ0n) is 13.2. The highest BCUT2D eigenvalue weighted by atomic mass is 19.4. The second-order valence-corrected chi connectivity index (χ2v) is 5.93. The van der Waals surface area contributed by atoms with Crippen LogP contribution in [0.5, 0.6) is 0 Å². The summed E-state index contributed by atoms with van der Waals surface area (Å²) in [5.41, 5.74) is -1.32. The van der Waals surface area contributed by atoms with Crippen LogP contribution in [0.15, 0.2) is 24.3 Å². The highest BCUT2D eigenvalue weighted by molar-refractivity contribution is 5.96. The minimum atomic E-state index is -4.44. The van der Waals surface area contributed by atoms with E-state index >= 15 is 0 Å². The molecule has 0 saturated carbocycles. The average Bonchev–Trinajstić information content (AvgIpc) is 2.35. The third-order valence-corrected chi connectivity index (χ3v) is 2.61. The number of rotatable bonds is 3. The van der Waals surface area contributed by atoms with Crippen LogP contribution in [0.3, 0.4) is 0 Å². The molecule has 0 aliphatic rings. The van der Waals surface area contributed by atoms with E-state index in [1.807, 2.05) is 0 Å². The normalized spacial score (nSPS) is 13.2. The Labute approximate surface area is 132 Å². The van der Waals surface area contributed by atoms with Crippen LogP contribution in [0, 0.1) is 0 Å². The highest BCUT2D eigenvalue weighted by Crippen LogP contribution is 2.29. The minimum Gasteiger partial charge on any atom is -0.444 e. The number of hydrogen-bond acceptors (Lipinski definition) is 3. The van der Waals surface area contributed by atoms with Crippen molar-refractivity contribution in [1.82, 2.24) is 5.32 Å². The van der Waals surface area contributed by atoms with Gasteiger partial charge in [-0.25, -0.2) is 4.79 Å². The molecular weight excluding hydrogens is 313 g/mol. The van der Waals surface area contributed by atoms with Crippen molar-refractivity contribution in [2.45, 2.75) is 45.5 Å². The molecule has 0 fully saturated rings. The summed E-state index contributed by atoms with van der Waals surface area (Å²) in [7, 11) is 0. The standard InChI is InChI=1S/C15H19F3N2O3/c1-9(19-13(22)23-14(2,3)4)12(21)20-11-7-5-10(6-8-11)15(16,17)18/h5-9H,1-4H3,(H,19,22)(H,20,21)/t9-/m0/s1. The molecule has 2 N–H and O–H groups in total. The van der Waals surface area contributed by atoms with Crippen molar-refractivity contribution in [3.05, 3.63) is 29.8 Å². The number of amides is 2. The molecule has 128 valence electrons. The molecule has 0 aliphatic carbocycles. The van der Waals surface area contributed by atoms with E-state index < -0.39 is 35.4 Å². The van der Waals surface area contributed by atoms with E-state index in [9.17, 15) is 22.8 Å². The molecule has 0 aromatic heterocycles. The maximum atomic E-state index is 12.4. The van der Waals surface area contributed by atoms with Crippen molar-refractivity contribution in [2.75, 3.05) is 5.32 Å². The van der Waals surface area contributed by atoms with Crippen molar-refractivity contribution in [2.24, 2.45) is 0 Å². The predicted octanol–water partition coefficient (Wildman–Crippen LogP) is 3.56. The van der Waals surface area contributed by atoms with E-state index in [1.54, 1.807) is 20.8 Å². The van der Waals surface area contributed by atoms with Crippen LogP contribution in [-0.2, 0) is 15.7 Å². The molecule has 0 saturated heterocycles. The molecule has 0 radical (unpaired) electrons. The van der Waals surface area contributed by atoms with Gasteiger partial charge in [0, 0.05) is 5.69 Å². The van der Waals surface area contributed by atoms with Crippen molar-refractivity contribution in [1.29, 1.82) is 0 Å². The molecule has 0 bridgehead atoms. The molecule has 1 aromatic carbocycles. The molecule has 0 aliphatic heterocycles. The van der Waals surface area contributed by atoms with Gasteiger partial charge in [-0.05, 0) is 52.0 Å². The number of halogens is 3. The third-order valence-electron chi connectivity index (χ3n) is 2.61. The molecule has 5 nitrogen and oxygen atoms in total. The van der Waals surface area contributed by atoms with Gasteiger partial charge in [0.1, 0.15) is 11.6 Å². The summed E-state index contributed by atoms with van der Waals surface area (Å²) in [6, 6.07) is 3.09. The average molecular weight is 332 g/mol. The zero-order chi connectivity index (χ0) is 17.8. The van der Waals surface area contributed by atoms with Crippen LogP contribution in [0.25, 0.3) is 0 Å². The lowest BCUT2D eigenvalue weighted by Crippen LogP contribution is -2.43. The van der Waals surface area contributed by atoms with E-state index in [0.717, 1.165) is 24.3 Å². The number of carbonyl (C=O) groups excluding carboxylic acids is 2. The summed E-state index contributed by atoms with van der Waals surface area (Å²) in [5.74, 6) is -0.574. The Hall–Kier alpha value is -2.25. The lowest BCUT2D eigenvalue weighted by atomic mass is 10.2. The van der Waals surface area contributed by atoms with Gasteiger partial charge < -0.3 is 15.4 Å². The van der Waals surface area contributed by atoms with E-state index in [4.69, 9.17) is 4.74 Å². The van der Waals surface area contributed by atoms with Gasteiger partial charge in [0.25, 0.3) is 0 Å². The molecule has 1 aromatic rings. The topological polar surface area (TPSA) is 67.4 Å². The number of ether oxygens (including phenoxy) is 1. The molecule has 0 spiro atoms. The van der Waals surface area contributed by atoms with Crippen molar-refractivity contribution in [3.63, 3.8) is 0 Å². The second kappa shape index (κ2) is 6.89. The molecule has 0 unspecified atom stereocenters. The van der Waals surface area contributed by atoms with Crippen molar-refractivity contribution in [3.8, 4) is 0 Å². The first-order chi connectivity index (χ1) is 10.4. The number of hydrogen-bond donors (Lipinski definition) is 2. The van der Waals surface area contributed by atoms with Gasteiger partial charge in [-0.1, -0.05) is 0 Å². The fourth-order valence-corrected chi connectivity index (χ4v) is 1.54. The number of carbonyl (C=O) groups is 2. The Morgan fingerprint density at radius 1 is 1.09 bits per heavy atom. The smallest absolute Gasteiger partial charge is 0.416 e. The molecule has 1 rings (SSSR count). The Morgan fingerprint density at radius 3 is 2.04 bits per heavy atom. The maximum Gasteiger partial charge on any atom is 0.416 e. The van der Waals surface area contributed by atoms with Crippen LogP contribution in [0.1, 0.15) is 33.3 Å². The Kier molecular flexibility index (Phi) is 5.63. The Balaban J connectivity index is 2.60. The van der Waals surface area contributed by atoms with Gasteiger partial charge in [-0.3, -0.25) is 4.79 Å². The largest absolute Gasteiger partial charge is 0.444 e. The summed E-state index contributed by atoms with van der Waals surface area (Å²) >= 11 is 0. The van der Waals surface area contributed by atoms with Gasteiger partial charge in [-0.2, -0.15) is 13.2 Å². The number of benzene rings is 1. The fourth-order valence-electron chi connectivity index (χ4n) is 1.54. The minimum absolute atomic E-state index is 0.195. The maximum absolute atomic E-state index is 12.4. The van der Waals surface area contributed by atoms with E-state index in [-0.39, 0.29) is 5.69 Å². The lowest BCUT2D eigenvalue weighted by molar-refractivity contribution is -0.137. The predicted molar refractivity (Wildman–Crippen MR) is 78.9 cm³/mol. The third kappa shape index (κ3) is 6.58. The molecular formula is C15H19F3N2O3. The van der Waals surface area contributed by atoms with Crippen LogP contribution >= 0.6 is 0 Å². The Bertz CT molecular complexity index is 563. The second-order valence-electron chi connectivity index (χ2n) is 5.93. The summed E-state index contributed by atoms with van der Waals surface area (Å²) < 4.78 is 42.3. The summed E-state index contributed by atoms with van der Waals surface area (Å²) in [4.78, 5) is 23.4. The quantitative estimate of drug-likeness (QED) is 0.889. The van der Waals surface area contributed by atoms with Gasteiger partial charge in [-0.15, -0.1) is 0 Å². The highest BCUT2D eigenvalue weighted by Gasteiger charge is 2.30. The van der Waals surface area contributed by atoms with E-state index in [2.05, 4.69) is 10.6 Å². The summed E-state index contributed by atoms with van der Waals surface area (Å²) in [5, 5.41) is 4.75.